The summed E-state index contributed by atoms with van der Waals surface area (Å²) in [5.41, 5.74) is 6.82. The Balaban J connectivity index is 1.85. The van der Waals surface area contributed by atoms with E-state index < -0.39 is 5.54 Å². The van der Waals surface area contributed by atoms with E-state index in [0.29, 0.717) is 11.7 Å². The molecule has 19 heavy (non-hydrogen) atoms. The topological polar surface area (TPSA) is 82.8 Å². The number of aryl methyl sites for hydroxylation is 1. The molecule has 102 valence electrons. The smallest absolute Gasteiger partial charge is 0.247 e. The van der Waals surface area contributed by atoms with Gasteiger partial charge < -0.3 is 10.3 Å². The summed E-state index contributed by atoms with van der Waals surface area (Å²) >= 11 is 0. The van der Waals surface area contributed by atoms with Crippen molar-refractivity contribution >= 4 is 0 Å². The lowest BCUT2D eigenvalue weighted by Crippen LogP contribution is -2.40. The fourth-order valence-corrected chi connectivity index (χ4v) is 2.57. The Bertz CT molecular complexity index is 565. The Labute approximate surface area is 112 Å². The van der Waals surface area contributed by atoms with Crippen molar-refractivity contribution in [1.29, 1.82) is 0 Å². The molecule has 0 saturated heterocycles. The zero-order valence-corrected chi connectivity index (χ0v) is 11.3. The normalized spacial score (nSPS) is 27.6. The van der Waals surface area contributed by atoms with E-state index in [1.54, 1.807) is 10.9 Å². The van der Waals surface area contributed by atoms with Crippen molar-refractivity contribution in [1.82, 2.24) is 19.9 Å². The van der Waals surface area contributed by atoms with Crippen molar-refractivity contribution in [2.24, 2.45) is 18.7 Å². The molecule has 0 atom stereocenters. The highest BCUT2D eigenvalue weighted by molar-refractivity contribution is 5.51. The van der Waals surface area contributed by atoms with Gasteiger partial charge in [0, 0.05) is 13.2 Å². The van der Waals surface area contributed by atoms with Gasteiger partial charge in [-0.05, 0) is 31.6 Å². The van der Waals surface area contributed by atoms with E-state index in [2.05, 4.69) is 22.2 Å². The van der Waals surface area contributed by atoms with Gasteiger partial charge in [0.05, 0.1) is 17.3 Å². The third-order valence-electron chi connectivity index (χ3n) is 3.98. The largest absolute Gasteiger partial charge is 0.337 e. The fourth-order valence-electron chi connectivity index (χ4n) is 2.57. The SMILES string of the molecule is CC1CCC(N)(c2nc(-c3cnn(C)c3)no2)CC1. The van der Waals surface area contributed by atoms with E-state index in [0.717, 1.165) is 37.2 Å². The average Bonchev–Trinajstić information content (AvgIpc) is 3.02. The zero-order chi connectivity index (χ0) is 13.5. The molecule has 0 unspecified atom stereocenters. The molecule has 6 heteroatoms. The predicted octanol–water partition coefficient (Wildman–Crippen LogP) is 1.83. The maximum Gasteiger partial charge on any atom is 0.247 e. The summed E-state index contributed by atoms with van der Waals surface area (Å²) < 4.78 is 7.10. The maximum absolute atomic E-state index is 6.42. The Morgan fingerprint density at radius 2 is 2.16 bits per heavy atom. The number of hydrogen-bond acceptors (Lipinski definition) is 5. The van der Waals surface area contributed by atoms with Gasteiger partial charge in [-0.2, -0.15) is 10.1 Å². The lowest BCUT2D eigenvalue weighted by Gasteiger charge is -2.32. The van der Waals surface area contributed by atoms with Crippen LogP contribution in [0.1, 0.15) is 38.5 Å². The summed E-state index contributed by atoms with van der Waals surface area (Å²) in [5, 5.41) is 8.13. The number of nitrogens with two attached hydrogens (primary N) is 1. The van der Waals surface area contributed by atoms with Gasteiger partial charge >= 0.3 is 0 Å². The third kappa shape index (κ3) is 2.28. The van der Waals surface area contributed by atoms with Crippen LogP contribution >= 0.6 is 0 Å². The van der Waals surface area contributed by atoms with E-state index in [1.807, 2.05) is 13.2 Å². The van der Waals surface area contributed by atoms with Gasteiger partial charge in [0.25, 0.3) is 0 Å². The molecule has 2 aromatic heterocycles. The predicted molar refractivity (Wildman–Crippen MR) is 70.0 cm³/mol. The highest BCUT2D eigenvalue weighted by atomic mass is 16.5. The van der Waals surface area contributed by atoms with Crippen molar-refractivity contribution in [3.63, 3.8) is 0 Å². The zero-order valence-electron chi connectivity index (χ0n) is 11.3. The number of aromatic nitrogens is 4. The van der Waals surface area contributed by atoms with Crippen molar-refractivity contribution in [2.75, 3.05) is 0 Å². The monoisotopic (exact) mass is 261 g/mol. The molecule has 2 heterocycles. The molecule has 1 saturated carbocycles. The van der Waals surface area contributed by atoms with Gasteiger partial charge in [0.15, 0.2) is 0 Å². The van der Waals surface area contributed by atoms with Crippen LogP contribution in [0.25, 0.3) is 11.4 Å². The molecule has 1 aliphatic carbocycles. The van der Waals surface area contributed by atoms with Gasteiger partial charge in [0.1, 0.15) is 0 Å². The number of nitrogens with zero attached hydrogens (tertiary/aromatic N) is 4. The van der Waals surface area contributed by atoms with Crippen LogP contribution in [0.3, 0.4) is 0 Å². The molecule has 0 aromatic carbocycles. The van der Waals surface area contributed by atoms with Crippen LogP contribution in [0.2, 0.25) is 0 Å². The summed E-state index contributed by atoms with van der Waals surface area (Å²) in [7, 11) is 1.86. The molecule has 0 amide bonds. The molecule has 1 fully saturated rings. The van der Waals surface area contributed by atoms with E-state index in [9.17, 15) is 0 Å². The van der Waals surface area contributed by atoms with Gasteiger partial charge in [-0.3, -0.25) is 4.68 Å². The van der Waals surface area contributed by atoms with Crippen molar-refractivity contribution in [2.45, 2.75) is 38.1 Å². The fraction of sp³-hybridized carbons (Fsp3) is 0.615. The summed E-state index contributed by atoms with van der Waals surface area (Å²) in [6.07, 6.45) is 7.62. The highest BCUT2D eigenvalue weighted by Gasteiger charge is 2.37. The molecule has 0 bridgehead atoms. The molecular weight excluding hydrogens is 242 g/mol. The van der Waals surface area contributed by atoms with Crippen LogP contribution in [-0.2, 0) is 12.6 Å². The maximum atomic E-state index is 6.42. The first-order chi connectivity index (χ1) is 9.07. The van der Waals surface area contributed by atoms with Crippen molar-refractivity contribution in [3.05, 3.63) is 18.3 Å². The van der Waals surface area contributed by atoms with E-state index in [-0.39, 0.29) is 0 Å². The molecule has 2 aromatic rings. The van der Waals surface area contributed by atoms with Crippen LogP contribution in [-0.4, -0.2) is 19.9 Å². The molecular formula is C13H19N5O. The molecule has 0 aliphatic heterocycles. The Morgan fingerprint density at radius 1 is 1.42 bits per heavy atom. The second-order valence-corrected chi connectivity index (χ2v) is 5.66. The molecule has 0 radical (unpaired) electrons. The molecule has 6 nitrogen and oxygen atoms in total. The molecule has 1 aliphatic rings. The Morgan fingerprint density at radius 3 is 2.79 bits per heavy atom. The van der Waals surface area contributed by atoms with Gasteiger partial charge in [-0.25, -0.2) is 0 Å². The van der Waals surface area contributed by atoms with Crippen LogP contribution in [0.4, 0.5) is 0 Å². The van der Waals surface area contributed by atoms with Crippen LogP contribution < -0.4 is 5.73 Å². The second-order valence-electron chi connectivity index (χ2n) is 5.66. The lowest BCUT2D eigenvalue weighted by atomic mass is 9.78. The van der Waals surface area contributed by atoms with E-state index >= 15 is 0 Å². The minimum atomic E-state index is -0.458. The average molecular weight is 261 g/mol. The standard InChI is InChI=1S/C13H19N5O/c1-9-3-5-13(14,6-4-9)12-16-11(17-19-12)10-7-15-18(2)8-10/h7-9H,3-6,14H2,1-2H3. The second kappa shape index (κ2) is 4.45. The third-order valence-corrected chi connectivity index (χ3v) is 3.98. The molecule has 2 N–H and O–H groups in total. The summed E-state index contributed by atoms with van der Waals surface area (Å²) in [6, 6.07) is 0. The van der Waals surface area contributed by atoms with E-state index in [1.165, 1.54) is 0 Å². The summed E-state index contributed by atoms with van der Waals surface area (Å²) in [4.78, 5) is 4.46. The van der Waals surface area contributed by atoms with Gasteiger partial charge in [0.2, 0.25) is 11.7 Å². The van der Waals surface area contributed by atoms with Crippen molar-refractivity contribution < 1.29 is 4.52 Å². The molecule has 0 spiro atoms. The van der Waals surface area contributed by atoms with Gasteiger partial charge in [-0.1, -0.05) is 12.1 Å². The van der Waals surface area contributed by atoms with Crippen molar-refractivity contribution in [3.8, 4) is 11.4 Å². The lowest BCUT2D eigenvalue weighted by molar-refractivity contribution is 0.190. The molecule has 3 rings (SSSR count). The van der Waals surface area contributed by atoms with Crippen LogP contribution in [0.5, 0.6) is 0 Å². The quantitative estimate of drug-likeness (QED) is 0.891. The Hall–Kier alpha value is -1.69. The van der Waals surface area contributed by atoms with Crippen LogP contribution in [0.15, 0.2) is 16.9 Å². The Kier molecular flexibility index (Phi) is 2.89. The first-order valence-corrected chi connectivity index (χ1v) is 6.69. The van der Waals surface area contributed by atoms with E-state index in [4.69, 9.17) is 10.3 Å². The number of rotatable bonds is 2. The minimum absolute atomic E-state index is 0.458. The van der Waals surface area contributed by atoms with Gasteiger partial charge in [-0.15, -0.1) is 0 Å². The van der Waals surface area contributed by atoms with Crippen LogP contribution in [0, 0.1) is 5.92 Å². The summed E-state index contributed by atoms with van der Waals surface area (Å²) in [6.45, 7) is 2.26. The summed E-state index contributed by atoms with van der Waals surface area (Å²) in [5.74, 6) is 1.85. The minimum Gasteiger partial charge on any atom is -0.337 e. The first-order valence-electron chi connectivity index (χ1n) is 6.69. The highest BCUT2D eigenvalue weighted by Crippen LogP contribution is 2.37. The number of hydrogen-bond donors (Lipinski definition) is 1. The first kappa shape index (κ1) is 12.3.